The number of piperazine rings is 1. The van der Waals surface area contributed by atoms with Gasteiger partial charge in [0, 0.05) is 25.7 Å². The van der Waals surface area contributed by atoms with Crippen LogP contribution in [-0.4, -0.2) is 19.6 Å². The molecule has 0 radical (unpaired) electrons. The van der Waals surface area contributed by atoms with Gasteiger partial charge in [-0.15, -0.1) is 0 Å². The molecule has 2 nitrogen and oxygen atoms in total. The van der Waals surface area contributed by atoms with Crippen LogP contribution in [0.1, 0.15) is 22.7 Å². The second kappa shape index (κ2) is 4.11. The lowest BCUT2D eigenvalue weighted by Gasteiger charge is -2.26. The number of hydrogen-bond acceptors (Lipinski definition) is 2. The van der Waals surface area contributed by atoms with Crippen LogP contribution < -0.4 is 10.6 Å². The average Bonchev–Trinajstić information content (AvgIpc) is 2.19. The van der Waals surface area contributed by atoms with Crippen LogP contribution in [0.25, 0.3) is 0 Å². The van der Waals surface area contributed by atoms with Gasteiger partial charge in [0.05, 0.1) is 0 Å². The minimum absolute atomic E-state index is 0.490. The van der Waals surface area contributed by atoms with Gasteiger partial charge in [-0.2, -0.15) is 0 Å². The largest absolute Gasteiger partial charge is 0.314 e. The molecule has 0 unspecified atom stereocenters. The van der Waals surface area contributed by atoms with Gasteiger partial charge in [-0.05, 0) is 25.0 Å². The summed E-state index contributed by atoms with van der Waals surface area (Å²) < 4.78 is 0. The fourth-order valence-electron chi connectivity index (χ4n) is 2.09. The van der Waals surface area contributed by atoms with Crippen molar-refractivity contribution in [3.8, 4) is 0 Å². The Kier molecular flexibility index (Phi) is 2.85. The second-order valence-corrected chi connectivity index (χ2v) is 4.07. The molecule has 76 valence electrons. The normalized spacial score (nSPS) is 22.3. The Morgan fingerprint density at radius 1 is 1.21 bits per heavy atom. The molecule has 0 amide bonds. The molecule has 0 aliphatic carbocycles. The van der Waals surface area contributed by atoms with Crippen LogP contribution in [0.2, 0.25) is 0 Å². The summed E-state index contributed by atoms with van der Waals surface area (Å²) in [6.45, 7) is 7.53. The van der Waals surface area contributed by atoms with E-state index < -0.39 is 0 Å². The van der Waals surface area contributed by atoms with Crippen molar-refractivity contribution in [2.24, 2.45) is 0 Å². The van der Waals surface area contributed by atoms with E-state index in [1.165, 1.54) is 16.7 Å². The average molecular weight is 190 g/mol. The number of aryl methyl sites for hydroxylation is 2. The van der Waals surface area contributed by atoms with Crippen molar-refractivity contribution < 1.29 is 0 Å². The van der Waals surface area contributed by atoms with Gasteiger partial charge < -0.3 is 10.6 Å². The van der Waals surface area contributed by atoms with Gasteiger partial charge in [-0.25, -0.2) is 0 Å². The number of nitrogens with one attached hydrogen (secondary N) is 2. The maximum Gasteiger partial charge on any atom is 0.0449 e. The lowest BCUT2D eigenvalue weighted by Crippen LogP contribution is -2.42. The van der Waals surface area contributed by atoms with Gasteiger partial charge in [-0.3, -0.25) is 0 Å². The molecule has 0 bridgehead atoms. The maximum atomic E-state index is 3.53. The topological polar surface area (TPSA) is 24.1 Å². The minimum atomic E-state index is 0.490. The Balaban J connectivity index is 2.22. The predicted molar refractivity (Wildman–Crippen MR) is 59.5 cm³/mol. The molecule has 1 atom stereocenters. The van der Waals surface area contributed by atoms with Gasteiger partial charge in [0.2, 0.25) is 0 Å². The first-order valence-electron chi connectivity index (χ1n) is 5.28. The Labute approximate surface area is 85.7 Å². The zero-order valence-corrected chi connectivity index (χ0v) is 8.93. The van der Waals surface area contributed by atoms with E-state index in [1.54, 1.807) is 0 Å². The van der Waals surface area contributed by atoms with Crippen LogP contribution in [0, 0.1) is 13.8 Å². The molecule has 1 aliphatic rings. The van der Waals surface area contributed by atoms with E-state index in [1.807, 2.05) is 0 Å². The molecule has 14 heavy (non-hydrogen) atoms. The third-order valence-corrected chi connectivity index (χ3v) is 2.84. The number of hydrogen-bond donors (Lipinski definition) is 2. The van der Waals surface area contributed by atoms with E-state index in [2.05, 4.69) is 42.7 Å². The molecule has 1 aliphatic heterocycles. The van der Waals surface area contributed by atoms with Crippen molar-refractivity contribution in [1.82, 2.24) is 10.6 Å². The van der Waals surface area contributed by atoms with Gasteiger partial charge >= 0.3 is 0 Å². The summed E-state index contributed by atoms with van der Waals surface area (Å²) in [5, 5.41) is 6.95. The van der Waals surface area contributed by atoms with E-state index in [-0.39, 0.29) is 0 Å². The molecule has 2 rings (SSSR count). The van der Waals surface area contributed by atoms with Gasteiger partial charge in [0.25, 0.3) is 0 Å². The first-order valence-corrected chi connectivity index (χ1v) is 5.28. The predicted octanol–water partition coefficient (Wildman–Crippen LogP) is 1.54. The fraction of sp³-hybridized carbons (Fsp3) is 0.500. The molecule has 1 heterocycles. The molecule has 2 heteroatoms. The highest BCUT2D eigenvalue weighted by Gasteiger charge is 2.15. The van der Waals surface area contributed by atoms with Crippen LogP contribution in [0.3, 0.4) is 0 Å². The van der Waals surface area contributed by atoms with Crippen LogP contribution in [0.15, 0.2) is 18.2 Å². The molecule has 1 aromatic rings. The highest BCUT2D eigenvalue weighted by atomic mass is 15.1. The summed E-state index contributed by atoms with van der Waals surface area (Å²) >= 11 is 0. The third-order valence-electron chi connectivity index (χ3n) is 2.84. The lowest BCUT2D eigenvalue weighted by atomic mass is 9.98. The fourth-order valence-corrected chi connectivity index (χ4v) is 2.09. The number of rotatable bonds is 1. The van der Waals surface area contributed by atoms with Gasteiger partial charge in [0.1, 0.15) is 0 Å². The first-order chi connectivity index (χ1) is 6.77. The minimum Gasteiger partial charge on any atom is -0.314 e. The Morgan fingerprint density at radius 2 is 2.07 bits per heavy atom. The van der Waals surface area contributed by atoms with Crippen molar-refractivity contribution >= 4 is 0 Å². The molecule has 1 saturated heterocycles. The SMILES string of the molecule is Cc1ccc([C@H]2CNCCN2)c(C)c1. The van der Waals surface area contributed by atoms with Crippen LogP contribution >= 0.6 is 0 Å². The van der Waals surface area contributed by atoms with Crippen LogP contribution in [-0.2, 0) is 0 Å². The Morgan fingerprint density at radius 3 is 2.71 bits per heavy atom. The smallest absolute Gasteiger partial charge is 0.0449 e. The third kappa shape index (κ3) is 1.97. The highest BCUT2D eigenvalue weighted by molar-refractivity contribution is 5.33. The van der Waals surface area contributed by atoms with Gasteiger partial charge in [-0.1, -0.05) is 23.8 Å². The van der Waals surface area contributed by atoms with Crippen molar-refractivity contribution in [2.75, 3.05) is 19.6 Å². The Bertz CT molecular complexity index is 314. The standard InChI is InChI=1S/C12H18N2/c1-9-3-4-11(10(2)7-9)12-8-13-5-6-14-12/h3-4,7,12-14H,5-6,8H2,1-2H3/t12-/m1/s1. The molecule has 0 spiro atoms. The summed E-state index contributed by atoms with van der Waals surface area (Å²) in [6.07, 6.45) is 0. The summed E-state index contributed by atoms with van der Waals surface area (Å²) in [6, 6.07) is 7.18. The maximum absolute atomic E-state index is 3.53. The zero-order valence-electron chi connectivity index (χ0n) is 8.93. The number of benzene rings is 1. The summed E-state index contributed by atoms with van der Waals surface area (Å²) in [5.74, 6) is 0. The van der Waals surface area contributed by atoms with Crippen molar-refractivity contribution in [1.29, 1.82) is 0 Å². The highest BCUT2D eigenvalue weighted by Crippen LogP contribution is 2.19. The van der Waals surface area contributed by atoms with Crippen molar-refractivity contribution in [3.63, 3.8) is 0 Å². The first kappa shape index (κ1) is 9.69. The Hall–Kier alpha value is -0.860. The monoisotopic (exact) mass is 190 g/mol. The molecule has 2 N–H and O–H groups in total. The molecule has 0 saturated carbocycles. The van der Waals surface area contributed by atoms with E-state index in [4.69, 9.17) is 0 Å². The van der Waals surface area contributed by atoms with Crippen LogP contribution in [0.5, 0.6) is 0 Å². The summed E-state index contributed by atoms with van der Waals surface area (Å²) in [4.78, 5) is 0. The van der Waals surface area contributed by atoms with Gasteiger partial charge in [0.15, 0.2) is 0 Å². The second-order valence-electron chi connectivity index (χ2n) is 4.07. The van der Waals surface area contributed by atoms with E-state index in [0.717, 1.165) is 19.6 Å². The zero-order chi connectivity index (χ0) is 9.97. The molecule has 1 aromatic carbocycles. The molecule has 0 aromatic heterocycles. The quantitative estimate of drug-likeness (QED) is 0.702. The molecular weight excluding hydrogens is 172 g/mol. The van der Waals surface area contributed by atoms with E-state index in [9.17, 15) is 0 Å². The lowest BCUT2D eigenvalue weighted by molar-refractivity contribution is 0.429. The molecule has 1 fully saturated rings. The van der Waals surface area contributed by atoms with E-state index in [0.29, 0.717) is 6.04 Å². The van der Waals surface area contributed by atoms with Crippen molar-refractivity contribution in [3.05, 3.63) is 34.9 Å². The summed E-state index contributed by atoms with van der Waals surface area (Å²) in [7, 11) is 0. The van der Waals surface area contributed by atoms with Crippen LogP contribution in [0.4, 0.5) is 0 Å². The molecular formula is C12H18N2. The summed E-state index contributed by atoms with van der Waals surface area (Å²) in [5.41, 5.74) is 4.17. The van der Waals surface area contributed by atoms with E-state index >= 15 is 0 Å². The van der Waals surface area contributed by atoms with Crippen molar-refractivity contribution in [2.45, 2.75) is 19.9 Å².